The van der Waals surface area contributed by atoms with Crippen molar-refractivity contribution in [2.24, 2.45) is 11.7 Å². The normalized spacial score (nSPS) is 11.7. The molecule has 2 rings (SSSR count). The maximum Gasteiger partial charge on any atom is 0.241 e. The molecule has 6 heteroatoms. The lowest BCUT2D eigenvalue weighted by atomic mass is 10.1. The summed E-state index contributed by atoms with van der Waals surface area (Å²) in [4.78, 5) is 24.5. The van der Waals surface area contributed by atoms with Gasteiger partial charge in [0.2, 0.25) is 11.8 Å². The molecular formula is C20H25N3O3. The van der Waals surface area contributed by atoms with Crippen LogP contribution in [0.25, 0.3) is 0 Å². The number of rotatable bonds is 7. The number of benzene rings is 2. The summed E-state index contributed by atoms with van der Waals surface area (Å²) < 4.78 is 5.20. The molecule has 2 aromatic carbocycles. The molecular weight excluding hydrogens is 330 g/mol. The third kappa shape index (κ3) is 5.32. The van der Waals surface area contributed by atoms with Gasteiger partial charge in [-0.15, -0.1) is 0 Å². The molecule has 0 aromatic heterocycles. The van der Waals surface area contributed by atoms with Crippen molar-refractivity contribution in [1.82, 2.24) is 0 Å². The largest absolute Gasteiger partial charge is 0.497 e. The number of carbonyl (C=O) groups is 2. The van der Waals surface area contributed by atoms with E-state index in [9.17, 15) is 9.59 Å². The predicted octanol–water partition coefficient (Wildman–Crippen LogP) is 2.80. The molecule has 0 fully saturated rings. The van der Waals surface area contributed by atoms with Crippen LogP contribution in [0.15, 0.2) is 48.5 Å². The van der Waals surface area contributed by atoms with Crippen LogP contribution in [0.1, 0.15) is 19.4 Å². The molecule has 2 amide bonds. The zero-order chi connectivity index (χ0) is 19.1. The zero-order valence-corrected chi connectivity index (χ0v) is 15.3. The Hall–Kier alpha value is -2.86. The van der Waals surface area contributed by atoms with Crippen LogP contribution < -0.4 is 21.1 Å². The molecule has 26 heavy (non-hydrogen) atoms. The Balaban J connectivity index is 2.15. The van der Waals surface area contributed by atoms with E-state index in [-0.39, 0.29) is 17.7 Å². The molecule has 0 aliphatic heterocycles. The second-order valence-electron chi connectivity index (χ2n) is 6.34. The van der Waals surface area contributed by atoms with E-state index in [1.807, 2.05) is 30.3 Å². The number of methoxy groups -OCH3 is 1. The predicted molar refractivity (Wildman–Crippen MR) is 103 cm³/mol. The van der Waals surface area contributed by atoms with Gasteiger partial charge >= 0.3 is 0 Å². The van der Waals surface area contributed by atoms with Crippen LogP contribution in [0.2, 0.25) is 0 Å². The van der Waals surface area contributed by atoms with Crippen molar-refractivity contribution in [3.63, 3.8) is 0 Å². The molecule has 0 heterocycles. The highest BCUT2D eigenvalue weighted by molar-refractivity contribution is 6.02. The van der Waals surface area contributed by atoms with Crippen molar-refractivity contribution in [2.75, 3.05) is 17.7 Å². The number of hydrogen-bond acceptors (Lipinski definition) is 4. The summed E-state index contributed by atoms with van der Waals surface area (Å²) in [5.41, 5.74) is 7.97. The minimum atomic E-state index is -0.711. The monoisotopic (exact) mass is 355 g/mol. The van der Waals surface area contributed by atoms with E-state index < -0.39 is 6.04 Å². The van der Waals surface area contributed by atoms with Gasteiger partial charge in [0, 0.05) is 12.0 Å². The molecule has 0 spiro atoms. The summed E-state index contributed by atoms with van der Waals surface area (Å²) in [6.45, 7) is 3.60. The molecule has 0 unspecified atom stereocenters. The summed E-state index contributed by atoms with van der Waals surface area (Å²) in [6.07, 6.45) is 0.421. The maximum absolute atomic E-state index is 12.5. The van der Waals surface area contributed by atoms with Gasteiger partial charge in [-0.05, 0) is 24.1 Å². The summed E-state index contributed by atoms with van der Waals surface area (Å²) in [6, 6.07) is 13.9. The van der Waals surface area contributed by atoms with E-state index >= 15 is 0 Å². The van der Waals surface area contributed by atoms with Crippen LogP contribution >= 0.6 is 0 Å². The van der Waals surface area contributed by atoms with E-state index in [0.717, 1.165) is 5.56 Å². The van der Waals surface area contributed by atoms with Crippen LogP contribution in [-0.4, -0.2) is 25.0 Å². The molecule has 1 atom stereocenters. The Morgan fingerprint density at radius 2 is 1.65 bits per heavy atom. The van der Waals surface area contributed by atoms with Gasteiger partial charge in [0.1, 0.15) is 5.75 Å². The molecule has 138 valence electrons. The lowest BCUT2D eigenvalue weighted by Gasteiger charge is -2.17. The topological polar surface area (TPSA) is 93.5 Å². The number of ether oxygens (including phenoxy) is 1. The third-order valence-electron chi connectivity index (χ3n) is 3.90. The van der Waals surface area contributed by atoms with E-state index in [0.29, 0.717) is 23.5 Å². The Kier molecular flexibility index (Phi) is 6.74. The highest BCUT2D eigenvalue weighted by Gasteiger charge is 2.17. The molecule has 0 aliphatic carbocycles. The lowest BCUT2D eigenvalue weighted by molar-refractivity contribution is -0.119. The summed E-state index contributed by atoms with van der Waals surface area (Å²) in [5.74, 6) is -0.0816. The van der Waals surface area contributed by atoms with Crippen LogP contribution in [0, 0.1) is 5.92 Å². The van der Waals surface area contributed by atoms with Gasteiger partial charge < -0.3 is 21.1 Å². The second kappa shape index (κ2) is 9.01. The number of nitrogens with two attached hydrogens (primary N) is 1. The van der Waals surface area contributed by atoms with Gasteiger partial charge in [-0.2, -0.15) is 0 Å². The second-order valence-corrected chi connectivity index (χ2v) is 6.34. The minimum Gasteiger partial charge on any atom is -0.497 e. The number of amides is 2. The first-order valence-electron chi connectivity index (χ1n) is 8.50. The van der Waals surface area contributed by atoms with Crippen LogP contribution in [0.3, 0.4) is 0 Å². The number of hydrogen-bond donors (Lipinski definition) is 3. The molecule has 2 aromatic rings. The fourth-order valence-electron chi connectivity index (χ4n) is 2.33. The molecule has 0 saturated heterocycles. The van der Waals surface area contributed by atoms with Crippen molar-refractivity contribution in [3.8, 4) is 5.75 Å². The van der Waals surface area contributed by atoms with Gasteiger partial charge in [0.25, 0.3) is 0 Å². The SMILES string of the molecule is COc1ccc(NC(=O)C(C)C)c(NC(=O)[C@H](N)Cc2ccccc2)c1. The van der Waals surface area contributed by atoms with Crippen molar-refractivity contribution < 1.29 is 14.3 Å². The molecule has 0 bridgehead atoms. The van der Waals surface area contributed by atoms with Gasteiger partial charge in [0.05, 0.1) is 24.5 Å². The Morgan fingerprint density at radius 1 is 1.00 bits per heavy atom. The fraction of sp³-hybridized carbons (Fsp3) is 0.300. The van der Waals surface area contributed by atoms with E-state index in [1.54, 1.807) is 32.0 Å². The quantitative estimate of drug-likeness (QED) is 0.712. The Labute approximate surface area is 153 Å². The summed E-state index contributed by atoms with van der Waals surface area (Å²) in [7, 11) is 1.54. The zero-order valence-electron chi connectivity index (χ0n) is 15.3. The van der Waals surface area contributed by atoms with Gasteiger partial charge in [-0.25, -0.2) is 0 Å². The first-order chi connectivity index (χ1) is 12.4. The highest BCUT2D eigenvalue weighted by atomic mass is 16.5. The first-order valence-corrected chi connectivity index (χ1v) is 8.50. The molecule has 0 aliphatic rings. The average molecular weight is 355 g/mol. The Bertz CT molecular complexity index is 760. The van der Waals surface area contributed by atoms with E-state index in [2.05, 4.69) is 10.6 Å². The van der Waals surface area contributed by atoms with E-state index in [1.165, 1.54) is 7.11 Å². The number of carbonyl (C=O) groups excluding carboxylic acids is 2. The molecule has 0 saturated carbocycles. The minimum absolute atomic E-state index is 0.140. The molecule has 6 nitrogen and oxygen atoms in total. The maximum atomic E-state index is 12.5. The standard InChI is InChI=1S/C20H25N3O3/c1-13(2)19(24)22-17-10-9-15(26-3)12-18(17)23-20(25)16(21)11-14-7-5-4-6-8-14/h4-10,12-13,16H,11,21H2,1-3H3,(H,22,24)(H,23,25)/t16-/m1/s1. The molecule has 4 N–H and O–H groups in total. The van der Waals surface area contributed by atoms with Crippen LogP contribution in [0.4, 0.5) is 11.4 Å². The Morgan fingerprint density at radius 3 is 2.27 bits per heavy atom. The average Bonchev–Trinajstić information content (AvgIpc) is 2.63. The number of nitrogens with one attached hydrogen (secondary N) is 2. The van der Waals surface area contributed by atoms with Gasteiger partial charge in [-0.1, -0.05) is 44.2 Å². The lowest BCUT2D eigenvalue weighted by Crippen LogP contribution is -2.37. The smallest absolute Gasteiger partial charge is 0.241 e. The third-order valence-corrected chi connectivity index (χ3v) is 3.90. The summed E-state index contributed by atoms with van der Waals surface area (Å²) >= 11 is 0. The van der Waals surface area contributed by atoms with Crippen molar-refractivity contribution in [2.45, 2.75) is 26.3 Å². The summed E-state index contributed by atoms with van der Waals surface area (Å²) in [5, 5.41) is 5.60. The van der Waals surface area contributed by atoms with Crippen molar-refractivity contribution in [1.29, 1.82) is 0 Å². The number of anilines is 2. The highest BCUT2D eigenvalue weighted by Crippen LogP contribution is 2.27. The van der Waals surface area contributed by atoms with Crippen molar-refractivity contribution in [3.05, 3.63) is 54.1 Å². The van der Waals surface area contributed by atoms with Gasteiger partial charge in [0.15, 0.2) is 0 Å². The van der Waals surface area contributed by atoms with E-state index in [4.69, 9.17) is 10.5 Å². The van der Waals surface area contributed by atoms with Crippen LogP contribution in [0.5, 0.6) is 5.75 Å². The van der Waals surface area contributed by atoms with Gasteiger partial charge in [-0.3, -0.25) is 9.59 Å². The van der Waals surface area contributed by atoms with Crippen molar-refractivity contribution >= 4 is 23.2 Å². The van der Waals surface area contributed by atoms with Crippen LogP contribution in [-0.2, 0) is 16.0 Å². The molecule has 0 radical (unpaired) electrons. The fourth-order valence-corrected chi connectivity index (χ4v) is 2.33. The first kappa shape index (κ1) is 19.5.